The highest BCUT2D eigenvalue weighted by Crippen LogP contribution is 2.32. The van der Waals surface area contributed by atoms with Crippen LogP contribution < -0.4 is 9.47 Å². The van der Waals surface area contributed by atoms with E-state index in [9.17, 15) is 0 Å². The van der Waals surface area contributed by atoms with Gasteiger partial charge in [-0.2, -0.15) is 0 Å². The van der Waals surface area contributed by atoms with Crippen LogP contribution in [0.1, 0.15) is 6.42 Å². The third kappa shape index (κ3) is 1.30. The minimum atomic E-state index is 0.208. The van der Waals surface area contributed by atoms with Crippen molar-refractivity contribution in [3.63, 3.8) is 0 Å². The lowest BCUT2D eigenvalue weighted by molar-refractivity contribution is 0.296. The Hall–Kier alpha value is -1.38. The minimum absolute atomic E-state index is 0.208. The number of hydrogen-bond acceptors (Lipinski definition) is 3. The summed E-state index contributed by atoms with van der Waals surface area (Å²) >= 11 is 0. The highest BCUT2D eigenvalue weighted by atomic mass is 16.5. The van der Waals surface area contributed by atoms with Crippen molar-refractivity contribution in [3.05, 3.63) is 18.2 Å². The van der Waals surface area contributed by atoms with Crippen molar-refractivity contribution in [2.75, 3.05) is 13.2 Å². The van der Waals surface area contributed by atoms with Crippen LogP contribution in [0.4, 0.5) is 0 Å². The van der Waals surface area contributed by atoms with E-state index in [4.69, 9.17) is 14.6 Å². The van der Waals surface area contributed by atoms with Crippen LogP contribution in [0.5, 0.6) is 17.2 Å². The summed E-state index contributed by atoms with van der Waals surface area (Å²) in [4.78, 5) is 0. The van der Waals surface area contributed by atoms with E-state index in [0.717, 1.165) is 6.42 Å². The van der Waals surface area contributed by atoms with E-state index in [2.05, 4.69) is 0 Å². The van der Waals surface area contributed by atoms with Gasteiger partial charge in [-0.25, -0.2) is 0 Å². The molecule has 0 fully saturated rings. The summed E-state index contributed by atoms with van der Waals surface area (Å²) in [7, 11) is 0. The van der Waals surface area contributed by atoms with Gasteiger partial charge in [-0.15, -0.1) is 0 Å². The molecule has 64 valence electrons. The lowest BCUT2D eigenvalue weighted by Crippen LogP contribution is -1.97. The van der Waals surface area contributed by atoms with E-state index in [1.807, 2.05) is 0 Å². The Balaban J connectivity index is 2.36. The van der Waals surface area contributed by atoms with Gasteiger partial charge in [-0.3, -0.25) is 0 Å². The predicted octanol–water partition coefficient (Wildman–Crippen LogP) is 1.55. The maximum atomic E-state index is 9.14. The third-order valence-electron chi connectivity index (χ3n) is 1.73. The number of rotatable bonds is 0. The van der Waals surface area contributed by atoms with Crippen LogP contribution in [0.3, 0.4) is 0 Å². The van der Waals surface area contributed by atoms with Crippen LogP contribution in [0.2, 0.25) is 0 Å². The van der Waals surface area contributed by atoms with E-state index in [-0.39, 0.29) is 5.75 Å². The summed E-state index contributed by atoms with van der Waals surface area (Å²) in [5, 5.41) is 9.14. The maximum absolute atomic E-state index is 9.14. The predicted molar refractivity (Wildman–Crippen MR) is 43.7 cm³/mol. The summed E-state index contributed by atoms with van der Waals surface area (Å²) < 4.78 is 10.7. The zero-order valence-corrected chi connectivity index (χ0v) is 6.62. The fourth-order valence-electron chi connectivity index (χ4n) is 1.15. The van der Waals surface area contributed by atoms with Crippen LogP contribution in [-0.4, -0.2) is 18.3 Å². The molecule has 0 saturated carbocycles. The molecule has 1 N–H and O–H groups in total. The molecule has 1 heterocycles. The van der Waals surface area contributed by atoms with E-state index >= 15 is 0 Å². The van der Waals surface area contributed by atoms with Crippen LogP contribution in [-0.2, 0) is 0 Å². The molecule has 3 nitrogen and oxygen atoms in total. The molecule has 0 saturated heterocycles. The summed E-state index contributed by atoms with van der Waals surface area (Å²) in [6.07, 6.45) is 0.884. The number of fused-ring (bicyclic) bond motifs is 1. The first-order valence-corrected chi connectivity index (χ1v) is 3.95. The normalized spacial score (nSPS) is 15.3. The number of ether oxygens (including phenoxy) is 2. The molecule has 1 aliphatic heterocycles. The molecule has 0 aliphatic carbocycles. The quantitative estimate of drug-likeness (QED) is 0.635. The van der Waals surface area contributed by atoms with Crippen molar-refractivity contribution in [2.24, 2.45) is 0 Å². The van der Waals surface area contributed by atoms with Crippen molar-refractivity contribution >= 4 is 0 Å². The first-order chi connectivity index (χ1) is 5.86. The van der Waals surface area contributed by atoms with Crippen LogP contribution in [0.15, 0.2) is 18.2 Å². The summed E-state index contributed by atoms with van der Waals surface area (Å²) in [6.45, 7) is 1.33. The smallest absolute Gasteiger partial charge is 0.164 e. The van der Waals surface area contributed by atoms with Gasteiger partial charge >= 0.3 is 0 Å². The summed E-state index contributed by atoms with van der Waals surface area (Å²) in [5.41, 5.74) is 0. The lowest BCUT2D eigenvalue weighted by Gasteiger charge is -2.05. The Morgan fingerprint density at radius 2 is 1.83 bits per heavy atom. The van der Waals surface area contributed by atoms with Gasteiger partial charge in [0.2, 0.25) is 0 Å². The zero-order valence-electron chi connectivity index (χ0n) is 6.62. The maximum Gasteiger partial charge on any atom is 0.164 e. The molecule has 0 amide bonds. The number of benzene rings is 1. The van der Waals surface area contributed by atoms with Crippen LogP contribution in [0.25, 0.3) is 0 Å². The Bertz CT molecular complexity index is 283. The number of phenols is 1. The molecular formula is C9H10O3. The van der Waals surface area contributed by atoms with Crippen molar-refractivity contribution < 1.29 is 14.6 Å². The van der Waals surface area contributed by atoms with Crippen molar-refractivity contribution in [3.8, 4) is 17.2 Å². The molecule has 0 radical (unpaired) electrons. The monoisotopic (exact) mass is 166 g/mol. The SMILES string of the molecule is Oc1ccc2c(c1)OCCCO2. The second kappa shape index (κ2) is 2.93. The fraction of sp³-hybridized carbons (Fsp3) is 0.333. The second-order valence-corrected chi connectivity index (χ2v) is 2.68. The topological polar surface area (TPSA) is 38.7 Å². The summed E-state index contributed by atoms with van der Waals surface area (Å²) in [5.74, 6) is 1.55. The molecular weight excluding hydrogens is 156 g/mol. The molecule has 3 heteroatoms. The number of hydrogen-bond donors (Lipinski definition) is 1. The highest BCUT2D eigenvalue weighted by Gasteiger charge is 2.09. The van der Waals surface area contributed by atoms with Gasteiger partial charge in [0.25, 0.3) is 0 Å². The van der Waals surface area contributed by atoms with Crippen LogP contribution >= 0.6 is 0 Å². The van der Waals surface area contributed by atoms with Crippen molar-refractivity contribution in [1.29, 1.82) is 0 Å². The zero-order chi connectivity index (χ0) is 8.39. The van der Waals surface area contributed by atoms with Gasteiger partial charge in [-0.05, 0) is 12.1 Å². The third-order valence-corrected chi connectivity index (χ3v) is 1.73. The number of phenolic OH excluding ortho intramolecular Hbond substituents is 1. The standard InChI is InChI=1S/C9H10O3/c10-7-2-3-8-9(6-7)12-5-1-4-11-8/h2-3,6,10H,1,4-5H2. The largest absolute Gasteiger partial charge is 0.508 e. The molecule has 2 rings (SSSR count). The molecule has 0 bridgehead atoms. The molecule has 0 aromatic heterocycles. The Kier molecular flexibility index (Phi) is 1.78. The number of aromatic hydroxyl groups is 1. The van der Waals surface area contributed by atoms with E-state index < -0.39 is 0 Å². The van der Waals surface area contributed by atoms with Crippen molar-refractivity contribution in [1.82, 2.24) is 0 Å². The van der Waals surface area contributed by atoms with Gasteiger partial charge < -0.3 is 14.6 Å². The average Bonchev–Trinajstić information content (AvgIpc) is 2.28. The Morgan fingerprint density at radius 1 is 1.08 bits per heavy atom. The van der Waals surface area contributed by atoms with Gasteiger partial charge in [0, 0.05) is 12.5 Å². The molecule has 1 aromatic carbocycles. The highest BCUT2D eigenvalue weighted by molar-refractivity contribution is 5.45. The van der Waals surface area contributed by atoms with Crippen molar-refractivity contribution in [2.45, 2.75) is 6.42 Å². The first kappa shape index (κ1) is 7.28. The van der Waals surface area contributed by atoms with Gasteiger partial charge in [0.1, 0.15) is 5.75 Å². The van der Waals surface area contributed by atoms with E-state index in [1.165, 1.54) is 0 Å². The molecule has 0 spiro atoms. The van der Waals surface area contributed by atoms with Gasteiger partial charge in [0.05, 0.1) is 13.2 Å². The average molecular weight is 166 g/mol. The minimum Gasteiger partial charge on any atom is -0.508 e. The fourth-order valence-corrected chi connectivity index (χ4v) is 1.15. The summed E-state index contributed by atoms with van der Waals surface area (Å²) in [6, 6.07) is 4.88. The molecule has 1 aromatic rings. The van der Waals surface area contributed by atoms with Gasteiger partial charge in [0.15, 0.2) is 11.5 Å². The first-order valence-electron chi connectivity index (χ1n) is 3.95. The lowest BCUT2D eigenvalue weighted by atomic mass is 10.3. The molecule has 12 heavy (non-hydrogen) atoms. The molecule has 0 atom stereocenters. The Morgan fingerprint density at radius 3 is 2.67 bits per heavy atom. The second-order valence-electron chi connectivity index (χ2n) is 2.68. The molecule has 0 unspecified atom stereocenters. The van der Waals surface area contributed by atoms with Crippen LogP contribution in [0, 0.1) is 0 Å². The van der Waals surface area contributed by atoms with E-state index in [1.54, 1.807) is 18.2 Å². The Labute approximate surface area is 70.5 Å². The molecule has 1 aliphatic rings. The van der Waals surface area contributed by atoms with Gasteiger partial charge in [-0.1, -0.05) is 0 Å². The van der Waals surface area contributed by atoms with E-state index in [0.29, 0.717) is 24.7 Å².